The normalized spacial score (nSPS) is 34.9. The predicted molar refractivity (Wildman–Crippen MR) is 84.2 cm³/mol. The molecule has 3 fully saturated rings. The topological polar surface area (TPSA) is 55.1 Å². The highest BCUT2D eigenvalue weighted by atomic mass is 32.1. The van der Waals surface area contributed by atoms with Gasteiger partial charge in [-0.25, -0.2) is 0 Å². The Labute approximate surface area is 127 Å². The molecule has 20 heavy (non-hydrogen) atoms. The standard InChI is InChI=1S/C16H26N2OS/c17-15(20)14(10-6-2-1-3-7-10)18-16(19)13-11-8-4-5-9-12(11)13/h10-14H,1-9H2,(H2,17,20)(H,18,19). The molecule has 0 aromatic rings. The number of rotatable bonds is 4. The first kappa shape index (κ1) is 14.3. The van der Waals surface area contributed by atoms with Crippen molar-refractivity contribution < 1.29 is 4.79 Å². The Kier molecular flexibility index (Phi) is 4.29. The predicted octanol–water partition coefficient (Wildman–Crippen LogP) is 2.77. The molecule has 4 heteroatoms. The molecule has 0 heterocycles. The van der Waals surface area contributed by atoms with Crippen molar-refractivity contribution >= 4 is 23.1 Å². The van der Waals surface area contributed by atoms with Gasteiger partial charge in [-0.1, -0.05) is 44.3 Å². The van der Waals surface area contributed by atoms with Crippen LogP contribution in [0.5, 0.6) is 0 Å². The lowest BCUT2D eigenvalue weighted by molar-refractivity contribution is -0.123. The third-order valence-corrected chi connectivity index (χ3v) is 5.94. The summed E-state index contributed by atoms with van der Waals surface area (Å²) in [6.07, 6.45) is 11.2. The second-order valence-corrected chi connectivity index (χ2v) is 7.40. The molecule has 0 radical (unpaired) electrons. The quantitative estimate of drug-likeness (QED) is 0.784. The van der Waals surface area contributed by atoms with Crippen LogP contribution in [0.2, 0.25) is 0 Å². The lowest BCUT2D eigenvalue weighted by atomic mass is 9.83. The molecule has 3 unspecified atom stereocenters. The maximum Gasteiger partial charge on any atom is 0.224 e. The first-order valence-corrected chi connectivity index (χ1v) is 8.69. The van der Waals surface area contributed by atoms with Crippen molar-refractivity contribution in [2.75, 3.05) is 0 Å². The van der Waals surface area contributed by atoms with E-state index < -0.39 is 0 Å². The fraction of sp³-hybridized carbons (Fsp3) is 0.875. The zero-order valence-corrected chi connectivity index (χ0v) is 13.0. The van der Waals surface area contributed by atoms with E-state index in [1.54, 1.807) is 0 Å². The lowest BCUT2D eigenvalue weighted by Gasteiger charge is -2.30. The first-order chi connectivity index (χ1) is 9.68. The number of nitrogens with two attached hydrogens (primary N) is 1. The van der Waals surface area contributed by atoms with Gasteiger partial charge in [-0.2, -0.15) is 0 Å². The monoisotopic (exact) mass is 294 g/mol. The Morgan fingerprint density at radius 3 is 2.10 bits per heavy atom. The van der Waals surface area contributed by atoms with Crippen LogP contribution in [-0.4, -0.2) is 16.9 Å². The van der Waals surface area contributed by atoms with Gasteiger partial charge in [0.2, 0.25) is 5.91 Å². The summed E-state index contributed by atoms with van der Waals surface area (Å²) in [5.74, 6) is 2.26. The molecule has 0 aromatic carbocycles. The zero-order chi connectivity index (χ0) is 14.1. The molecule has 3 nitrogen and oxygen atoms in total. The van der Waals surface area contributed by atoms with Crippen molar-refractivity contribution in [2.45, 2.75) is 63.8 Å². The minimum absolute atomic E-state index is 0.0690. The van der Waals surface area contributed by atoms with Gasteiger partial charge < -0.3 is 11.1 Å². The van der Waals surface area contributed by atoms with Crippen LogP contribution in [0.15, 0.2) is 0 Å². The van der Waals surface area contributed by atoms with Crippen LogP contribution in [0.3, 0.4) is 0 Å². The van der Waals surface area contributed by atoms with Gasteiger partial charge >= 0.3 is 0 Å². The maximum absolute atomic E-state index is 12.5. The van der Waals surface area contributed by atoms with Gasteiger partial charge in [-0.05, 0) is 43.4 Å². The van der Waals surface area contributed by atoms with Gasteiger partial charge in [-0.15, -0.1) is 0 Å². The van der Waals surface area contributed by atoms with E-state index in [0.29, 0.717) is 22.7 Å². The molecule has 1 amide bonds. The number of hydrogen-bond acceptors (Lipinski definition) is 2. The Morgan fingerprint density at radius 1 is 1.00 bits per heavy atom. The smallest absolute Gasteiger partial charge is 0.224 e. The van der Waals surface area contributed by atoms with Gasteiger partial charge in [0.25, 0.3) is 0 Å². The Hall–Kier alpha value is -0.640. The molecular formula is C16H26N2OS. The summed E-state index contributed by atoms with van der Waals surface area (Å²) < 4.78 is 0. The minimum Gasteiger partial charge on any atom is -0.392 e. The molecule has 0 spiro atoms. The lowest BCUT2D eigenvalue weighted by Crippen LogP contribution is -2.49. The van der Waals surface area contributed by atoms with Gasteiger partial charge in [0.05, 0.1) is 11.0 Å². The summed E-state index contributed by atoms with van der Waals surface area (Å²) >= 11 is 5.21. The molecule has 0 bridgehead atoms. The van der Waals surface area contributed by atoms with Gasteiger partial charge in [0.1, 0.15) is 0 Å². The summed E-state index contributed by atoms with van der Waals surface area (Å²) in [6, 6.07) is -0.0690. The van der Waals surface area contributed by atoms with Crippen LogP contribution < -0.4 is 11.1 Å². The highest BCUT2D eigenvalue weighted by Gasteiger charge is 2.55. The zero-order valence-electron chi connectivity index (χ0n) is 12.1. The van der Waals surface area contributed by atoms with E-state index in [1.807, 2.05) is 0 Å². The average molecular weight is 294 g/mol. The third-order valence-electron chi connectivity index (χ3n) is 5.68. The van der Waals surface area contributed by atoms with E-state index in [-0.39, 0.29) is 17.9 Å². The molecule has 0 saturated heterocycles. The Bertz CT molecular complexity index is 380. The van der Waals surface area contributed by atoms with E-state index in [4.69, 9.17) is 18.0 Å². The summed E-state index contributed by atoms with van der Waals surface area (Å²) in [4.78, 5) is 13.0. The van der Waals surface area contributed by atoms with Crippen LogP contribution in [-0.2, 0) is 4.79 Å². The largest absolute Gasteiger partial charge is 0.392 e. The maximum atomic E-state index is 12.5. The second-order valence-electron chi connectivity index (χ2n) is 6.92. The van der Waals surface area contributed by atoms with Crippen LogP contribution >= 0.6 is 12.2 Å². The fourth-order valence-corrected chi connectivity index (χ4v) is 4.77. The number of hydrogen-bond donors (Lipinski definition) is 2. The summed E-state index contributed by atoms with van der Waals surface area (Å²) in [5.41, 5.74) is 5.90. The second kappa shape index (κ2) is 6.00. The number of nitrogens with one attached hydrogen (secondary N) is 1. The highest BCUT2D eigenvalue weighted by molar-refractivity contribution is 7.80. The number of carbonyl (C=O) groups excluding carboxylic acids is 1. The van der Waals surface area contributed by atoms with Crippen molar-refractivity contribution in [3.05, 3.63) is 0 Å². The summed E-state index contributed by atoms with van der Waals surface area (Å²) in [5, 5.41) is 3.20. The van der Waals surface area contributed by atoms with Crippen LogP contribution in [0.4, 0.5) is 0 Å². The minimum atomic E-state index is -0.0690. The Balaban J connectivity index is 1.58. The molecule has 3 aliphatic rings. The van der Waals surface area contributed by atoms with E-state index in [0.717, 1.165) is 12.8 Å². The van der Waals surface area contributed by atoms with E-state index in [1.165, 1.54) is 44.9 Å². The van der Waals surface area contributed by atoms with Crippen LogP contribution in [0.1, 0.15) is 57.8 Å². The third kappa shape index (κ3) is 2.85. The number of amides is 1. The first-order valence-electron chi connectivity index (χ1n) is 8.28. The summed E-state index contributed by atoms with van der Waals surface area (Å²) in [7, 11) is 0. The van der Waals surface area contributed by atoms with Crippen LogP contribution in [0, 0.1) is 23.7 Å². The van der Waals surface area contributed by atoms with Gasteiger partial charge in [0.15, 0.2) is 0 Å². The van der Waals surface area contributed by atoms with Crippen LogP contribution in [0.25, 0.3) is 0 Å². The number of fused-ring (bicyclic) bond motifs is 1. The van der Waals surface area contributed by atoms with Gasteiger partial charge in [-0.3, -0.25) is 4.79 Å². The van der Waals surface area contributed by atoms with E-state index >= 15 is 0 Å². The molecule has 0 aromatic heterocycles. The van der Waals surface area contributed by atoms with Crippen molar-refractivity contribution in [3.8, 4) is 0 Å². The van der Waals surface area contributed by atoms with E-state index in [9.17, 15) is 4.79 Å². The van der Waals surface area contributed by atoms with Gasteiger partial charge in [0, 0.05) is 5.92 Å². The average Bonchev–Trinajstić information content (AvgIpc) is 3.19. The molecule has 3 saturated carbocycles. The highest BCUT2D eigenvalue weighted by Crippen LogP contribution is 2.55. The molecular weight excluding hydrogens is 268 g/mol. The number of carbonyl (C=O) groups is 1. The number of thiocarbonyl (C=S) groups is 1. The van der Waals surface area contributed by atoms with Crippen molar-refractivity contribution in [2.24, 2.45) is 29.4 Å². The molecule has 3 aliphatic carbocycles. The summed E-state index contributed by atoms with van der Waals surface area (Å²) in [6.45, 7) is 0. The Morgan fingerprint density at radius 2 is 1.55 bits per heavy atom. The van der Waals surface area contributed by atoms with E-state index in [2.05, 4.69) is 5.32 Å². The fourth-order valence-electron chi connectivity index (χ4n) is 4.52. The van der Waals surface area contributed by atoms with Crippen molar-refractivity contribution in [1.29, 1.82) is 0 Å². The molecule has 0 aliphatic heterocycles. The molecule has 3 atom stereocenters. The van der Waals surface area contributed by atoms with Crippen molar-refractivity contribution in [3.63, 3.8) is 0 Å². The van der Waals surface area contributed by atoms with Crippen molar-refractivity contribution in [1.82, 2.24) is 5.32 Å². The molecule has 112 valence electrons. The molecule has 3 N–H and O–H groups in total. The molecule has 3 rings (SSSR count). The SMILES string of the molecule is NC(=S)C(NC(=O)C1C2CCCCC21)C1CCCCC1.